The molecular formula is C12H7Cl2. The Kier molecular flexibility index (Phi) is 2.76. The van der Waals surface area contributed by atoms with E-state index in [9.17, 15) is 0 Å². The number of rotatable bonds is 1. The van der Waals surface area contributed by atoms with Gasteiger partial charge >= 0.3 is 0 Å². The molecular weight excluding hydrogens is 215 g/mol. The van der Waals surface area contributed by atoms with E-state index in [0.717, 1.165) is 21.2 Å². The lowest BCUT2D eigenvalue weighted by atomic mass is 10.1. The Labute approximate surface area is 93.1 Å². The fraction of sp³-hybridized carbons (Fsp3) is 0. The summed E-state index contributed by atoms with van der Waals surface area (Å²) in [6.07, 6.45) is 0. The lowest BCUT2D eigenvalue weighted by molar-refractivity contribution is 1.61. The van der Waals surface area contributed by atoms with Crippen LogP contribution in [0.5, 0.6) is 0 Å². The lowest BCUT2D eigenvalue weighted by Gasteiger charge is -2.03. The number of hydrogen-bond donors (Lipinski definition) is 0. The van der Waals surface area contributed by atoms with E-state index in [1.165, 1.54) is 0 Å². The first kappa shape index (κ1) is 9.57. The predicted octanol–water partition coefficient (Wildman–Crippen LogP) is 4.46. The van der Waals surface area contributed by atoms with Gasteiger partial charge in [-0.15, -0.1) is 0 Å². The SMILES string of the molecule is Clc1ccc(-c2c[c]ccc2Cl)cc1. The van der Waals surface area contributed by atoms with E-state index in [4.69, 9.17) is 23.2 Å². The molecule has 0 spiro atoms. The van der Waals surface area contributed by atoms with Crippen LogP contribution in [0.4, 0.5) is 0 Å². The monoisotopic (exact) mass is 221 g/mol. The van der Waals surface area contributed by atoms with Crippen LogP contribution in [0.2, 0.25) is 10.0 Å². The highest BCUT2D eigenvalue weighted by Gasteiger charge is 2.01. The van der Waals surface area contributed by atoms with Gasteiger partial charge in [0.1, 0.15) is 0 Å². The van der Waals surface area contributed by atoms with Gasteiger partial charge in [0.2, 0.25) is 0 Å². The Morgan fingerprint density at radius 1 is 0.929 bits per heavy atom. The third-order valence-corrected chi connectivity index (χ3v) is 2.55. The van der Waals surface area contributed by atoms with E-state index in [1.54, 1.807) is 6.07 Å². The van der Waals surface area contributed by atoms with Crippen molar-refractivity contribution in [1.82, 2.24) is 0 Å². The molecule has 0 aliphatic heterocycles. The zero-order valence-corrected chi connectivity index (χ0v) is 8.81. The molecule has 0 aliphatic rings. The van der Waals surface area contributed by atoms with Crippen LogP contribution < -0.4 is 0 Å². The van der Waals surface area contributed by atoms with Crippen molar-refractivity contribution < 1.29 is 0 Å². The van der Waals surface area contributed by atoms with Gasteiger partial charge in [0.15, 0.2) is 0 Å². The van der Waals surface area contributed by atoms with E-state index in [1.807, 2.05) is 36.4 Å². The number of halogens is 2. The van der Waals surface area contributed by atoms with E-state index in [-0.39, 0.29) is 0 Å². The van der Waals surface area contributed by atoms with Gasteiger partial charge in [-0.25, -0.2) is 0 Å². The molecule has 0 nitrogen and oxygen atoms in total. The summed E-state index contributed by atoms with van der Waals surface area (Å²) in [6, 6.07) is 16.1. The van der Waals surface area contributed by atoms with E-state index in [0.29, 0.717) is 0 Å². The maximum absolute atomic E-state index is 6.05. The Bertz CT molecular complexity index is 432. The molecule has 69 valence electrons. The van der Waals surface area contributed by atoms with Crippen LogP contribution in [-0.4, -0.2) is 0 Å². The minimum absolute atomic E-state index is 0.727. The second-order valence-electron chi connectivity index (χ2n) is 2.91. The predicted molar refractivity (Wildman–Crippen MR) is 60.7 cm³/mol. The van der Waals surface area contributed by atoms with Gasteiger partial charge in [-0.05, 0) is 35.9 Å². The molecule has 0 N–H and O–H groups in total. The summed E-state index contributed by atoms with van der Waals surface area (Å²) in [6.45, 7) is 0. The molecule has 0 fully saturated rings. The van der Waals surface area contributed by atoms with Crippen molar-refractivity contribution in [1.29, 1.82) is 0 Å². The minimum atomic E-state index is 0.727. The molecule has 0 aliphatic carbocycles. The average Bonchev–Trinajstić information content (AvgIpc) is 2.20. The zero-order chi connectivity index (χ0) is 9.97. The van der Waals surface area contributed by atoms with Crippen molar-refractivity contribution in [3.05, 3.63) is 58.6 Å². The largest absolute Gasteiger partial charge is 0.0843 e. The Balaban J connectivity index is 2.50. The van der Waals surface area contributed by atoms with Gasteiger partial charge in [0, 0.05) is 15.6 Å². The quantitative estimate of drug-likeness (QED) is 0.668. The summed E-state index contributed by atoms with van der Waals surface area (Å²) in [4.78, 5) is 0. The summed E-state index contributed by atoms with van der Waals surface area (Å²) < 4.78 is 0. The van der Waals surface area contributed by atoms with Crippen molar-refractivity contribution in [2.75, 3.05) is 0 Å². The van der Waals surface area contributed by atoms with E-state index in [2.05, 4.69) is 6.07 Å². The zero-order valence-electron chi connectivity index (χ0n) is 7.30. The van der Waals surface area contributed by atoms with Crippen molar-refractivity contribution in [2.24, 2.45) is 0 Å². The first-order chi connectivity index (χ1) is 6.77. The second kappa shape index (κ2) is 4.04. The van der Waals surface area contributed by atoms with Crippen molar-refractivity contribution in [3.8, 4) is 11.1 Å². The van der Waals surface area contributed by atoms with Crippen LogP contribution in [0, 0.1) is 6.07 Å². The molecule has 0 bridgehead atoms. The Morgan fingerprint density at radius 2 is 1.64 bits per heavy atom. The molecule has 0 atom stereocenters. The summed E-state index contributed by atoms with van der Waals surface area (Å²) in [5.41, 5.74) is 2.03. The van der Waals surface area contributed by atoms with Crippen LogP contribution in [0.25, 0.3) is 11.1 Å². The molecule has 2 aromatic carbocycles. The standard InChI is InChI=1S/C12H7Cl2/c13-10-7-5-9(6-8-10)11-3-1-2-4-12(11)14/h2-8H. The molecule has 0 saturated heterocycles. The molecule has 14 heavy (non-hydrogen) atoms. The third-order valence-electron chi connectivity index (χ3n) is 1.97. The Hall–Kier alpha value is -0.980. The highest BCUT2D eigenvalue weighted by Crippen LogP contribution is 2.27. The summed E-state index contributed by atoms with van der Waals surface area (Å²) >= 11 is 11.8. The topological polar surface area (TPSA) is 0 Å². The summed E-state index contributed by atoms with van der Waals surface area (Å²) in [5, 5.41) is 1.45. The first-order valence-corrected chi connectivity index (χ1v) is 4.94. The third kappa shape index (κ3) is 1.92. The van der Waals surface area contributed by atoms with E-state index >= 15 is 0 Å². The summed E-state index contributed by atoms with van der Waals surface area (Å²) in [5.74, 6) is 0. The molecule has 2 heteroatoms. The van der Waals surface area contributed by atoms with Gasteiger partial charge in [0.05, 0.1) is 0 Å². The van der Waals surface area contributed by atoms with Crippen molar-refractivity contribution in [2.45, 2.75) is 0 Å². The van der Waals surface area contributed by atoms with Crippen LogP contribution in [-0.2, 0) is 0 Å². The molecule has 0 amide bonds. The van der Waals surface area contributed by atoms with Crippen molar-refractivity contribution in [3.63, 3.8) is 0 Å². The van der Waals surface area contributed by atoms with Gasteiger partial charge in [0.25, 0.3) is 0 Å². The highest BCUT2D eigenvalue weighted by atomic mass is 35.5. The van der Waals surface area contributed by atoms with Crippen LogP contribution in [0.1, 0.15) is 0 Å². The fourth-order valence-electron chi connectivity index (χ4n) is 1.26. The molecule has 2 rings (SSSR count). The molecule has 1 radical (unpaired) electrons. The van der Waals surface area contributed by atoms with E-state index < -0.39 is 0 Å². The fourth-order valence-corrected chi connectivity index (χ4v) is 1.61. The second-order valence-corrected chi connectivity index (χ2v) is 3.76. The van der Waals surface area contributed by atoms with Crippen LogP contribution in [0.3, 0.4) is 0 Å². The van der Waals surface area contributed by atoms with Gasteiger partial charge in [-0.3, -0.25) is 0 Å². The minimum Gasteiger partial charge on any atom is -0.0843 e. The maximum Gasteiger partial charge on any atom is 0.0484 e. The van der Waals surface area contributed by atoms with Gasteiger partial charge in [-0.1, -0.05) is 41.4 Å². The Morgan fingerprint density at radius 3 is 2.29 bits per heavy atom. The summed E-state index contributed by atoms with van der Waals surface area (Å²) in [7, 11) is 0. The van der Waals surface area contributed by atoms with Gasteiger partial charge < -0.3 is 0 Å². The maximum atomic E-state index is 6.05. The van der Waals surface area contributed by atoms with Crippen LogP contribution in [0.15, 0.2) is 42.5 Å². The molecule has 0 aromatic heterocycles. The average molecular weight is 222 g/mol. The highest BCUT2D eigenvalue weighted by molar-refractivity contribution is 6.33. The van der Waals surface area contributed by atoms with Crippen molar-refractivity contribution >= 4 is 23.2 Å². The smallest absolute Gasteiger partial charge is 0.0484 e. The van der Waals surface area contributed by atoms with Crippen LogP contribution >= 0.6 is 23.2 Å². The number of benzene rings is 2. The normalized spacial score (nSPS) is 10.1. The molecule has 0 heterocycles. The molecule has 2 aromatic rings. The first-order valence-electron chi connectivity index (χ1n) is 4.19. The van der Waals surface area contributed by atoms with Gasteiger partial charge in [-0.2, -0.15) is 0 Å². The molecule has 0 unspecified atom stereocenters. The number of hydrogen-bond acceptors (Lipinski definition) is 0. The lowest BCUT2D eigenvalue weighted by Crippen LogP contribution is -1.78. The molecule has 0 saturated carbocycles.